The molecule has 1 saturated carbocycles. The summed E-state index contributed by atoms with van der Waals surface area (Å²) < 4.78 is 4.88. The highest BCUT2D eigenvalue weighted by Crippen LogP contribution is 2.30. The zero-order valence-corrected chi connectivity index (χ0v) is 14.1. The number of hydrogen-bond acceptors (Lipinski definition) is 4. The Morgan fingerprint density at radius 3 is 2.46 bits per heavy atom. The number of amides is 2. The number of benzene rings is 1. The van der Waals surface area contributed by atoms with Crippen molar-refractivity contribution in [3.05, 3.63) is 48.4 Å². The van der Waals surface area contributed by atoms with Crippen LogP contribution in [-0.2, 0) is 9.59 Å². The highest BCUT2D eigenvalue weighted by Gasteiger charge is 2.31. The molecule has 2 aromatic rings. The molecular weight excluding hydrogens is 336 g/mol. The van der Waals surface area contributed by atoms with Gasteiger partial charge in [0.2, 0.25) is 5.91 Å². The van der Waals surface area contributed by atoms with Crippen LogP contribution in [0.15, 0.2) is 47.3 Å². The molecule has 2 unspecified atom stereocenters. The number of carbonyl (C=O) groups excluding carboxylic acids is 2. The molecule has 0 saturated heterocycles. The molecule has 2 atom stereocenters. The SMILES string of the molecule is O=C(Nc1cccc(NC(=O)C2CCCC(C(=O)O)C2)c1)c1ccoc1. The molecule has 3 N–H and O–H groups in total. The van der Waals surface area contributed by atoms with E-state index in [-0.39, 0.29) is 17.7 Å². The van der Waals surface area contributed by atoms with Crippen LogP contribution < -0.4 is 10.6 Å². The fraction of sp³-hybridized carbons (Fsp3) is 0.316. The molecule has 7 nitrogen and oxygen atoms in total. The highest BCUT2D eigenvalue weighted by atomic mass is 16.4. The molecular formula is C19H20N2O5. The fourth-order valence-electron chi connectivity index (χ4n) is 3.17. The van der Waals surface area contributed by atoms with E-state index in [0.29, 0.717) is 36.2 Å². The summed E-state index contributed by atoms with van der Waals surface area (Å²) in [7, 11) is 0. The Bertz CT molecular complexity index is 800. The monoisotopic (exact) mass is 356 g/mol. The highest BCUT2D eigenvalue weighted by molar-refractivity contribution is 6.04. The van der Waals surface area contributed by atoms with Gasteiger partial charge >= 0.3 is 5.97 Å². The zero-order valence-electron chi connectivity index (χ0n) is 14.1. The Balaban J connectivity index is 1.62. The van der Waals surface area contributed by atoms with E-state index in [2.05, 4.69) is 10.6 Å². The van der Waals surface area contributed by atoms with Crippen molar-refractivity contribution in [1.29, 1.82) is 0 Å². The predicted octanol–water partition coefficient (Wildman–Crippen LogP) is 3.36. The lowest BCUT2D eigenvalue weighted by Crippen LogP contribution is -2.30. The van der Waals surface area contributed by atoms with E-state index in [9.17, 15) is 14.4 Å². The second-order valence-corrected chi connectivity index (χ2v) is 6.43. The zero-order chi connectivity index (χ0) is 18.5. The predicted molar refractivity (Wildman–Crippen MR) is 94.8 cm³/mol. The third-order valence-electron chi connectivity index (χ3n) is 4.57. The minimum Gasteiger partial charge on any atom is -0.481 e. The molecule has 1 fully saturated rings. The van der Waals surface area contributed by atoms with Crippen LogP contribution in [0.1, 0.15) is 36.0 Å². The topological polar surface area (TPSA) is 109 Å². The van der Waals surface area contributed by atoms with Crippen LogP contribution in [0.5, 0.6) is 0 Å². The number of carbonyl (C=O) groups is 3. The van der Waals surface area contributed by atoms with Gasteiger partial charge in [0.1, 0.15) is 6.26 Å². The molecule has 1 aromatic heterocycles. The van der Waals surface area contributed by atoms with E-state index in [4.69, 9.17) is 9.52 Å². The van der Waals surface area contributed by atoms with Crippen molar-refractivity contribution in [2.24, 2.45) is 11.8 Å². The van der Waals surface area contributed by atoms with Crippen molar-refractivity contribution < 1.29 is 23.9 Å². The second kappa shape index (κ2) is 7.86. The average Bonchev–Trinajstić information content (AvgIpc) is 3.17. The number of carboxylic acid groups (broad SMARTS) is 1. The van der Waals surface area contributed by atoms with Gasteiger partial charge in [-0.1, -0.05) is 12.5 Å². The van der Waals surface area contributed by atoms with Gasteiger partial charge < -0.3 is 20.2 Å². The van der Waals surface area contributed by atoms with Gasteiger partial charge in [0.05, 0.1) is 17.7 Å². The van der Waals surface area contributed by atoms with E-state index in [0.717, 1.165) is 6.42 Å². The molecule has 0 radical (unpaired) electrons. The minimum absolute atomic E-state index is 0.186. The minimum atomic E-state index is -0.841. The molecule has 1 aromatic carbocycles. The molecule has 1 heterocycles. The molecule has 26 heavy (non-hydrogen) atoms. The lowest BCUT2D eigenvalue weighted by Gasteiger charge is -2.25. The molecule has 136 valence electrons. The number of carboxylic acids is 1. The first-order valence-electron chi connectivity index (χ1n) is 8.50. The van der Waals surface area contributed by atoms with Crippen LogP contribution in [0.4, 0.5) is 11.4 Å². The number of anilines is 2. The smallest absolute Gasteiger partial charge is 0.306 e. The van der Waals surface area contributed by atoms with Gasteiger partial charge in [0.15, 0.2) is 0 Å². The van der Waals surface area contributed by atoms with Gasteiger partial charge in [-0.3, -0.25) is 14.4 Å². The summed E-state index contributed by atoms with van der Waals surface area (Å²) in [5, 5.41) is 14.7. The molecule has 0 bridgehead atoms. The molecule has 0 aliphatic heterocycles. The van der Waals surface area contributed by atoms with E-state index in [1.54, 1.807) is 30.3 Å². The number of aliphatic carboxylic acids is 1. The Morgan fingerprint density at radius 2 is 1.77 bits per heavy atom. The van der Waals surface area contributed by atoms with E-state index in [1.165, 1.54) is 12.5 Å². The summed E-state index contributed by atoms with van der Waals surface area (Å²) >= 11 is 0. The Kier molecular flexibility index (Phi) is 5.36. The fourth-order valence-corrected chi connectivity index (χ4v) is 3.17. The maximum Gasteiger partial charge on any atom is 0.306 e. The van der Waals surface area contributed by atoms with Gasteiger partial charge in [0, 0.05) is 17.3 Å². The third-order valence-corrected chi connectivity index (χ3v) is 4.57. The first kappa shape index (κ1) is 17.7. The number of hydrogen-bond donors (Lipinski definition) is 3. The second-order valence-electron chi connectivity index (χ2n) is 6.43. The molecule has 3 rings (SSSR count). The van der Waals surface area contributed by atoms with Crippen molar-refractivity contribution in [2.45, 2.75) is 25.7 Å². The van der Waals surface area contributed by atoms with Gasteiger partial charge in [-0.15, -0.1) is 0 Å². The van der Waals surface area contributed by atoms with Crippen LogP contribution in [0.3, 0.4) is 0 Å². The van der Waals surface area contributed by atoms with E-state index >= 15 is 0 Å². The van der Waals surface area contributed by atoms with E-state index in [1.807, 2.05) is 0 Å². The quantitative estimate of drug-likeness (QED) is 0.761. The first-order chi connectivity index (χ1) is 12.5. The van der Waals surface area contributed by atoms with Gasteiger partial charge in [-0.2, -0.15) is 0 Å². The molecule has 0 spiro atoms. The van der Waals surface area contributed by atoms with Crippen LogP contribution in [0, 0.1) is 11.8 Å². The molecule has 1 aliphatic carbocycles. The normalized spacial score (nSPS) is 19.5. The Hall–Kier alpha value is -3.09. The third kappa shape index (κ3) is 4.30. The number of nitrogens with one attached hydrogen (secondary N) is 2. The van der Waals surface area contributed by atoms with Crippen LogP contribution in [-0.4, -0.2) is 22.9 Å². The van der Waals surface area contributed by atoms with Crippen molar-refractivity contribution >= 4 is 29.2 Å². The largest absolute Gasteiger partial charge is 0.481 e. The lowest BCUT2D eigenvalue weighted by molar-refractivity contribution is -0.143. The van der Waals surface area contributed by atoms with Crippen molar-refractivity contribution in [3.8, 4) is 0 Å². The van der Waals surface area contributed by atoms with Crippen molar-refractivity contribution in [1.82, 2.24) is 0 Å². The molecule has 2 amide bonds. The Morgan fingerprint density at radius 1 is 1.04 bits per heavy atom. The standard InChI is InChI=1S/C19H20N2O5/c22-17(12-3-1-4-13(9-12)19(24)25)20-15-5-2-6-16(10-15)21-18(23)14-7-8-26-11-14/h2,5-8,10-13H,1,3-4,9H2,(H,20,22)(H,21,23)(H,24,25). The summed E-state index contributed by atoms with van der Waals surface area (Å²) in [5.74, 6) is -2.10. The van der Waals surface area contributed by atoms with Gasteiger partial charge in [-0.25, -0.2) is 0 Å². The Labute approximate surface area is 150 Å². The first-order valence-corrected chi connectivity index (χ1v) is 8.50. The maximum absolute atomic E-state index is 12.5. The summed E-state index contributed by atoms with van der Waals surface area (Å²) in [6.45, 7) is 0. The van der Waals surface area contributed by atoms with Crippen LogP contribution in [0.25, 0.3) is 0 Å². The molecule has 1 aliphatic rings. The van der Waals surface area contributed by atoms with Gasteiger partial charge in [-0.05, 0) is 43.5 Å². The lowest BCUT2D eigenvalue weighted by atomic mass is 9.81. The van der Waals surface area contributed by atoms with Crippen LogP contribution in [0.2, 0.25) is 0 Å². The number of rotatable bonds is 5. The maximum atomic E-state index is 12.5. The van der Waals surface area contributed by atoms with Gasteiger partial charge in [0.25, 0.3) is 5.91 Å². The van der Waals surface area contributed by atoms with E-state index < -0.39 is 11.9 Å². The summed E-state index contributed by atoms with van der Waals surface area (Å²) in [4.78, 5) is 35.6. The average molecular weight is 356 g/mol. The summed E-state index contributed by atoms with van der Waals surface area (Å²) in [6, 6.07) is 8.38. The van der Waals surface area contributed by atoms with Crippen molar-refractivity contribution in [3.63, 3.8) is 0 Å². The van der Waals surface area contributed by atoms with Crippen molar-refractivity contribution in [2.75, 3.05) is 10.6 Å². The summed E-state index contributed by atoms with van der Waals surface area (Å²) in [5.41, 5.74) is 1.50. The molecule has 7 heteroatoms. The number of furan rings is 1. The summed E-state index contributed by atoms with van der Waals surface area (Å²) in [6.07, 6.45) is 5.16. The van der Waals surface area contributed by atoms with Crippen LogP contribution >= 0.6 is 0 Å².